The van der Waals surface area contributed by atoms with E-state index in [1.165, 1.54) is 7.11 Å². The molecule has 1 atom stereocenters. The van der Waals surface area contributed by atoms with Crippen LogP contribution in [0.4, 0.5) is 0 Å². The molecule has 1 aliphatic heterocycles. The van der Waals surface area contributed by atoms with Gasteiger partial charge in [0, 0.05) is 37.7 Å². The number of likely N-dealkylation sites (tertiary alicyclic amines) is 1. The highest BCUT2D eigenvalue weighted by atomic mass is 16.5. The summed E-state index contributed by atoms with van der Waals surface area (Å²) in [6.07, 6.45) is 1.66. The minimum absolute atomic E-state index is 0.0760. The molecule has 12 heteroatoms. The van der Waals surface area contributed by atoms with Gasteiger partial charge in [0.15, 0.2) is 11.5 Å². The maximum absolute atomic E-state index is 12.8. The first-order valence-corrected chi connectivity index (χ1v) is 12.8. The van der Waals surface area contributed by atoms with Crippen LogP contribution in [0.1, 0.15) is 39.4 Å². The largest absolute Gasteiger partial charge is 0.493 e. The van der Waals surface area contributed by atoms with Gasteiger partial charge in [0.2, 0.25) is 5.82 Å². The maximum Gasteiger partial charge on any atom is 0.316 e. The Labute approximate surface area is 230 Å². The topological polar surface area (TPSA) is 160 Å². The number of aliphatic hydroxyl groups is 1. The molecule has 1 saturated heterocycles. The number of ether oxygens (including phenoxy) is 3. The molecule has 0 bridgehead atoms. The number of nitrogens with one attached hydrogen (secondary N) is 1. The van der Waals surface area contributed by atoms with Gasteiger partial charge in [-0.1, -0.05) is 17.3 Å². The summed E-state index contributed by atoms with van der Waals surface area (Å²) in [6, 6.07) is 13.1. The first-order valence-electron chi connectivity index (χ1n) is 12.8. The number of hydrogen-bond donors (Lipinski definition) is 2. The Morgan fingerprint density at radius 3 is 2.60 bits per heavy atom. The molecule has 1 aromatic heterocycles. The molecule has 3 aromatic rings. The second-order valence-corrected chi connectivity index (χ2v) is 9.93. The van der Waals surface area contributed by atoms with Gasteiger partial charge in [0.25, 0.3) is 5.91 Å². The summed E-state index contributed by atoms with van der Waals surface area (Å²) < 4.78 is 21.4. The Kier molecular flexibility index (Phi) is 7.68. The predicted molar refractivity (Wildman–Crippen MR) is 140 cm³/mol. The normalized spacial score (nSPS) is 16.4. The number of amides is 2. The number of rotatable bonds is 11. The number of carbonyl (C=O) groups excluding carboxylic acids is 2. The molecule has 1 aliphatic carbocycles. The summed E-state index contributed by atoms with van der Waals surface area (Å²) >= 11 is 0. The van der Waals surface area contributed by atoms with Crippen molar-refractivity contribution in [2.45, 2.75) is 37.0 Å². The standard InChI is InChI=1S/C28H29N5O7/c1-37-21-14-33(15-21)27(35)18-5-3-17(4-6-18)11-20(13-29)30-25(34)26-31-24(32-40-26)19-7-8-22(38-2)23(12-19)39-16-28(36)9-10-28/h3-8,12,20-21,36H,9-11,14-16H2,1-2H3,(H,30,34). The molecule has 0 spiro atoms. The fourth-order valence-corrected chi connectivity index (χ4v) is 4.17. The molecule has 1 saturated carbocycles. The lowest BCUT2D eigenvalue weighted by atomic mass is 10.0. The van der Waals surface area contributed by atoms with E-state index < -0.39 is 17.6 Å². The van der Waals surface area contributed by atoms with Crippen LogP contribution in [0.5, 0.6) is 11.5 Å². The highest BCUT2D eigenvalue weighted by molar-refractivity contribution is 5.95. The zero-order chi connectivity index (χ0) is 28.3. The minimum Gasteiger partial charge on any atom is -0.493 e. The molecule has 2 N–H and O–H groups in total. The highest BCUT2D eigenvalue weighted by Gasteiger charge is 2.41. The van der Waals surface area contributed by atoms with Crippen LogP contribution in [0.3, 0.4) is 0 Å². The predicted octanol–water partition coefficient (Wildman–Crippen LogP) is 1.98. The lowest BCUT2D eigenvalue weighted by Gasteiger charge is -2.38. The van der Waals surface area contributed by atoms with Crippen molar-refractivity contribution in [1.82, 2.24) is 20.4 Å². The minimum atomic E-state index is -0.864. The Bertz CT molecular complexity index is 1420. The Morgan fingerprint density at radius 1 is 1.20 bits per heavy atom. The molecule has 12 nitrogen and oxygen atoms in total. The van der Waals surface area contributed by atoms with Gasteiger partial charge in [-0.15, -0.1) is 0 Å². The van der Waals surface area contributed by atoms with Crippen LogP contribution in [0.2, 0.25) is 0 Å². The van der Waals surface area contributed by atoms with Crippen LogP contribution in [-0.2, 0) is 11.2 Å². The fraction of sp³-hybridized carbons (Fsp3) is 0.393. The van der Waals surface area contributed by atoms with Crippen LogP contribution < -0.4 is 14.8 Å². The average Bonchev–Trinajstić information content (AvgIpc) is 3.47. The van der Waals surface area contributed by atoms with E-state index in [0.29, 0.717) is 48.6 Å². The van der Waals surface area contributed by atoms with E-state index in [1.807, 2.05) is 0 Å². The quantitative estimate of drug-likeness (QED) is 0.363. The lowest BCUT2D eigenvalue weighted by molar-refractivity contribution is -0.0191. The summed E-state index contributed by atoms with van der Waals surface area (Å²) in [6.45, 7) is 1.26. The number of nitrogens with zero attached hydrogens (tertiary/aromatic N) is 4. The summed E-state index contributed by atoms with van der Waals surface area (Å²) in [5.74, 6) is -0.0424. The van der Waals surface area contributed by atoms with Crippen LogP contribution in [-0.4, -0.2) is 83.6 Å². The molecule has 2 fully saturated rings. The average molecular weight is 548 g/mol. The van der Waals surface area contributed by atoms with Crippen molar-refractivity contribution in [3.8, 4) is 29.0 Å². The first kappa shape index (κ1) is 27.1. The molecule has 1 unspecified atom stereocenters. The van der Waals surface area contributed by atoms with Gasteiger partial charge in [-0.3, -0.25) is 9.59 Å². The van der Waals surface area contributed by atoms with Crippen molar-refractivity contribution in [3.63, 3.8) is 0 Å². The van der Waals surface area contributed by atoms with Crippen molar-refractivity contribution in [1.29, 1.82) is 5.26 Å². The van der Waals surface area contributed by atoms with Gasteiger partial charge in [0.05, 0.1) is 24.9 Å². The smallest absolute Gasteiger partial charge is 0.316 e. The number of benzene rings is 2. The van der Waals surface area contributed by atoms with E-state index in [0.717, 1.165) is 5.56 Å². The van der Waals surface area contributed by atoms with Gasteiger partial charge >= 0.3 is 11.8 Å². The Balaban J connectivity index is 1.19. The molecule has 2 aromatic carbocycles. The zero-order valence-electron chi connectivity index (χ0n) is 22.1. The SMILES string of the molecule is COc1ccc(-c2noc(C(=O)NC(C#N)Cc3ccc(C(=O)N4CC(OC)C4)cc3)n2)cc1OCC1(O)CC1. The van der Waals surface area contributed by atoms with E-state index in [1.54, 1.807) is 54.5 Å². The van der Waals surface area contributed by atoms with E-state index in [9.17, 15) is 20.0 Å². The molecule has 208 valence electrons. The summed E-state index contributed by atoms with van der Waals surface area (Å²) in [4.78, 5) is 31.2. The highest BCUT2D eigenvalue weighted by Crippen LogP contribution is 2.38. The lowest BCUT2D eigenvalue weighted by Crippen LogP contribution is -2.54. The summed E-state index contributed by atoms with van der Waals surface area (Å²) in [5.41, 5.74) is 1.03. The number of aromatic nitrogens is 2. The van der Waals surface area contributed by atoms with Gasteiger partial charge in [0.1, 0.15) is 12.6 Å². The molecule has 5 rings (SSSR count). The van der Waals surface area contributed by atoms with Gasteiger partial charge in [-0.2, -0.15) is 10.2 Å². The van der Waals surface area contributed by atoms with Crippen molar-refractivity contribution in [2.75, 3.05) is 33.9 Å². The van der Waals surface area contributed by atoms with E-state index in [-0.39, 0.29) is 36.8 Å². The van der Waals surface area contributed by atoms with Gasteiger partial charge < -0.3 is 34.1 Å². The Hall–Kier alpha value is -4.47. The van der Waals surface area contributed by atoms with Crippen LogP contribution in [0.25, 0.3) is 11.4 Å². The van der Waals surface area contributed by atoms with Crippen molar-refractivity contribution < 1.29 is 33.4 Å². The molecule has 0 radical (unpaired) electrons. The maximum atomic E-state index is 12.8. The van der Waals surface area contributed by atoms with Crippen molar-refractivity contribution in [2.24, 2.45) is 0 Å². The molecule has 2 aliphatic rings. The summed E-state index contributed by atoms with van der Waals surface area (Å²) in [7, 11) is 3.13. The fourth-order valence-electron chi connectivity index (χ4n) is 4.17. The number of nitriles is 1. The van der Waals surface area contributed by atoms with Crippen LogP contribution in [0, 0.1) is 11.3 Å². The monoisotopic (exact) mass is 547 g/mol. The molecular weight excluding hydrogens is 518 g/mol. The zero-order valence-corrected chi connectivity index (χ0v) is 22.1. The van der Waals surface area contributed by atoms with Crippen LogP contribution >= 0.6 is 0 Å². The molecule has 40 heavy (non-hydrogen) atoms. The third-order valence-electron chi connectivity index (χ3n) is 6.94. The number of carbonyl (C=O) groups is 2. The molecular formula is C28H29N5O7. The third kappa shape index (κ3) is 6.06. The third-order valence-corrected chi connectivity index (χ3v) is 6.94. The Morgan fingerprint density at radius 2 is 1.95 bits per heavy atom. The van der Waals surface area contributed by atoms with E-state index >= 15 is 0 Å². The number of methoxy groups -OCH3 is 2. The van der Waals surface area contributed by atoms with Crippen LogP contribution in [0.15, 0.2) is 47.0 Å². The summed E-state index contributed by atoms with van der Waals surface area (Å²) in [5, 5.41) is 26.2. The van der Waals surface area contributed by atoms with Crippen molar-refractivity contribution in [3.05, 3.63) is 59.5 Å². The van der Waals surface area contributed by atoms with E-state index in [4.69, 9.17) is 18.7 Å². The second kappa shape index (κ2) is 11.3. The number of hydrogen-bond acceptors (Lipinski definition) is 10. The van der Waals surface area contributed by atoms with Gasteiger partial charge in [-0.25, -0.2) is 0 Å². The van der Waals surface area contributed by atoms with Crippen molar-refractivity contribution >= 4 is 11.8 Å². The van der Waals surface area contributed by atoms with E-state index in [2.05, 4.69) is 21.5 Å². The first-order chi connectivity index (χ1) is 19.3. The van der Waals surface area contributed by atoms with Gasteiger partial charge in [-0.05, 0) is 48.7 Å². The molecule has 2 heterocycles. The molecule has 2 amide bonds. The second-order valence-electron chi connectivity index (χ2n) is 9.93.